The molecular weight excluding hydrogens is 320 g/mol. The number of hydrogen-bond donors (Lipinski definition) is 0. The number of rotatable bonds is 4. The number of amides is 1. The zero-order valence-corrected chi connectivity index (χ0v) is 15.0. The normalized spacial score (nSPS) is 18.3. The summed E-state index contributed by atoms with van der Waals surface area (Å²) in [4.78, 5) is 17.3. The number of benzene rings is 2. The van der Waals surface area contributed by atoms with E-state index < -0.39 is 0 Å². The quantitative estimate of drug-likeness (QED) is 0.792. The van der Waals surface area contributed by atoms with Crippen molar-refractivity contribution in [1.29, 1.82) is 0 Å². The maximum absolute atomic E-state index is 13.1. The van der Waals surface area contributed by atoms with Crippen LogP contribution in [-0.4, -0.2) is 30.4 Å². The van der Waals surface area contributed by atoms with Crippen molar-refractivity contribution in [1.82, 2.24) is 4.90 Å². The summed E-state index contributed by atoms with van der Waals surface area (Å²) in [5.41, 5.74) is 5.04. The molecule has 1 amide bonds. The Morgan fingerprint density at radius 2 is 1.88 bits per heavy atom. The highest BCUT2D eigenvalue weighted by Gasteiger charge is 2.30. The van der Waals surface area contributed by atoms with Crippen molar-refractivity contribution in [3.63, 3.8) is 0 Å². The van der Waals surface area contributed by atoms with Crippen LogP contribution < -0.4 is 4.90 Å². The molecule has 0 spiro atoms. The summed E-state index contributed by atoms with van der Waals surface area (Å²) >= 11 is 0. The molecular formula is C23H24N2O. The third-order valence-electron chi connectivity index (χ3n) is 5.59. The summed E-state index contributed by atoms with van der Waals surface area (Å²) in [7, 11) is 0. The van der Waals surface area contributed by atoms with Crippen molar-refractivity contribution in [3.05, 3.63) is 65.2 Å². The molecule has 1 heterocycles. The summed E-state index contributed by atoms with van der Waals surface area (Å²) in [5, 5.41) is 0. The fourth-order valence-corrected chi connectivity index (χ4v) is 4.36. The summed E-state index contributed by atoms with van der Waals surface area (Å²) in [6, 6.07) is 17.0. The maximum Gasteiger partial charge on any atom is 0.241 e. The zero-order valence-electron chi connectivity index (χ0n) is 15.0. The smallest absolute Gasteiger partial charge is 0.241 e. The molecule has 4 rings (SSSR count). The van der Waals surface area contributed by atoms with E-state index in [-0.39, 0.29) is 11.9 Å². The van der Waals surface area contributed by atoms with Gasteiger partial charge >= 0.3 is 0 Å². The van der Waals surface area contributed by atoms with E-state index in [0.29, 0.717) is 13.1 Å². The Morgan fingerprint density at radius 1 is 1.12 bits per heavy atom. The van der Waals surface area contributed by atoms with Crippen LogP contribution in [0.1, 0.15) is 35.6 Å². The predicted molar refractivity (Wildman–Crippen MR) is 105 cm³/mol. The molecule has 26 heavy (non-hydrogen) atoms. The first-order valence-electron chi connectivity index (χ1n) is 9.41. The van der Waals surface area contributed by atoms with Crippen molar-refractivity contribution in [2.75, 3.05) is 24.5 Å². The number of fused-ring (bicyclic) bond motifs is 2. The molecule has 0 fully saturated rings. The third-order valence-corrected chi connectivity index (χ3v) is 5.59. The SMILES string of the molecule is C#CCN(CC(=O)N1CCCc2ccccc21)[C@H]1CCc2ccccc21. The van der Waals surface area contributed by atoms with E-state index in [1.165, 1.54) is 16.7 Å². The van der Waals surface area contributed by atoms with Crippen LogP contribution in [-0.2, 0) is 17.6 Å². The summed E-state index contributed by atoms with van der Waals surface area (Å²) in [6.07, 6.45) is 9.79. The van der Waals surface area contributed by atoms with Gasteiger partial charge in [-0.25, -0.2) is 0 Å². The van der Waals surface area contributed by atoms with Crippen LogP contribution in [0.25, 0.3) is 0 Å². The lowest BCUT2D eigenvalue weighted by Gasteiger charge is -2.33. The Balaban J connectivity index is 1.55. The topological polar surface area (TPSA) is 23.6 Å². The second kappa shape index (κ2) is 7.35. The Hall–Kier alpha value is -2.57. The molecule has 0 aromatic heterocycles. The van der Waals surface area contributed by atoms with E-state index in [1.807, 2.05) is 17.0 Å². The van der Waals surface area contributed by atoms with Crippen LogP contribution in [0.15, 0.2) is 48.5 Å². The Labute approximate surface area is 155 Å². The molecule has 2 aliphatic rings. The zero-order chi connectivity index (χ0) is 17.9. The highest BCUT2D eigenvalue weighted by atomic mass is 16.2. The number of para-hydroxylation sites is 1. The van der Waals surface area contributed by atoms with E-state index >= 15 is 0 Å². The van der Waals surface area contributed by atoms with Crippen molar-refractivity contribution in [2.24, 2.45) is 0 Å². The fraction of sp³-hybridized carbons (Fsp3) is 0.348. The molecule has 0 N–H and O–H groups in total. The number of carbonyl (C=O) groups is 1. The molecule has 3 heteroatoms. The molecule has 0 radical (unpaired) electrons. The third kappa shape index (κ3) is 3.13. The maximum atomic E-state index is 13.1. The second-order valence-electron chi connectivity index (χ2n) is 7.14. The Morgan fingerprint density at radius 3 is 2.73 bits per heavy atom. The van der Waals surface area contributed by atoms with E-state index in [9.17, 15) is 4.79 Å². The van der Waals surface area contributed by atoms with Gasteiger partial charge in [-0.2, -0.15) is 0 Å². The van der Waals surface area contributed by atoms with Gasteiger partial charge in [0, 0.05) is 18.3 Å². The van der Waals surface area contributed by atoms with Gasteiger partial charge in [-0.15, -0.1) is 6.42 Å². The standard InChI is InChI=1S/C23H24N2O/c1-2-15-24(22-14-13-18-8-3-5-11-20(18)22)17-23(26)25-16-7-10-19-9-4-6-12-21(19)25/h1,3-6,8-9,11-12,22H,7,10,13-17H2/t22-/m0/s1. The number of aryl methyl sites for hydroxylation is 2. The van der Waals surface area contributed by atoms with Crippen molar-refractivity contribution < 1.29 is 4.79 Å². The minimum atomic E-state index is 0.150. The Bertz CT molecular complexity index is 851. The molecule has 0 saturated heterocycles. The van der Waals surface area contributed by atoms with Crippen molar-refractivity contribution in [3.8, 4) is 12.3 Å². The van der Waals surface area contributed by atoms with Gasteiger partial charge in [0.2, 0.25) is 5.91 Å². The summed E-state index contributed by atoms with van der Waals surface area (Å²) in [5.74, 6) is 2.91. The number of nitrogens with zero attached hydrogens (tertiary/aromatic N) is 2. The van der Waals surface area contributed by atoms with E-state index in [1.54, 1.807) is 0 Å². The average Bonchev–Trinajstić information content (AvgIpc) is 3.11. The molecule has 0 bridgehead atoms. The molecule has 2 aromatic carbocycles. The summed E-state index contributed by atoms with van der Waals surface area (Å²) < 4.78 is 0. The highest BCUT2D eigenvalue weighted by Crippen LogP contribution is 2.35. The van der Waals surface area contributed by atoms with Crippen LogP contribution >= 0.6 is 0 Å². The lowest BCUT2D eigenvalue weighted by Crippen LogP contribution is -2.43. The lowest BCUT2D eigenvalue weighted by atomic mass is 10.0. The van der Waals surface area contributed by atoms with Gasteiger partial charge in [-0.1, -0.05) is 48.4 Å². The van der Waals surface area contributed by atoms with Crippen molar-refractivity contribution >= 4 is 11.6 Å². The highest BCUT2D eigenvalue weighted by molar-refractivity contribution is 5.96. The summed E-state index contributed by atoms with van der Waals surface area (Å²) in [6.45, 7) is 1.67. The van der Waals surface area contributed by atoms with E-state index in [4.69, 9.17) is 6.42 Å². The minimum Gasteiger partial charge on any atom is -0.311 e. The molecule has 1 aliphatic heterocycles. The van der Waals surface area contributed by atoms with E-state index in [2.05, 4.69) is 47.2 Å². The van der Waals surface area contributed by atoms with Crippen LogP contribution in [0.2, 0.25) is 0 Å². The Kier molecular flexibility index (Phi) is 4.77. The molecule has 1 atom stereocenters. The molecule has 1 aliphatic carbocycles. The van der Waals surface area contributed by atoms with Gasteiger partial charge in [0.25, 0.3) is 0 Å². The number of carbonyl (C=O) groups excluding carboxylic acids is 1. The fourth-order valence-electron chi connectivity index (χ4n) is 4.36. The average molecular weight is 344 g/mol. The largest absolute Gasteiger partial charge is 0.311 e. The van der Waals surface area contributed by atoms with Crippen LogP contribution in [0.4, 0.5) is 5.69 Å². The van der Waals surface area contributed by atoms with Crippen LogP contribution in [0, 0.1) is 12.3 Å². The molecule has 0 unspecified atom stereocenters. The molecule has 0 saturated carbocycles. The van der Waals surface area contributed by atoms with Gasteiger partial charge in [-0.05, 0) is 48.4 Å². The first kappa shape index (κ1) is 16.9. The molecule has 3 nitrogen and oxygen atoms in total. The molecule has 2 aromatic rings. The lowest BCUT2D eigenvalue weighted by molar-refractivity contribution is -0.120. The van der Waals surface area contributed by atoms with E-state index in [0.717, 1.165) is 37.9 Å². The van der Waals surface area contributed by atoms with Gasteiger partial charge in [0.05, 0.1) is 13.1 Å². The first-order valence-corrected chi connectivity index (χ1v) is 9.41. The number of terminal acetylenes is 1. The van der Waals surface area contributed by atoms with Gasteiger partial charge in [0.1, 0.15) is 0 Å². The van der Waals surface area contributed by atoms with Gasteiger partial charge in [0.15, 0.2) is 0 Å². The number of anilines is 1. The minimum absolute atomic E-state index is 0.150. The van der Waals surface area contributed by atoms with Gasteiger partial charge < -0.3 is 4.90 Å². The monoisotopic (exact) mass is 344 g/mol. The number of hydrogen-bond acceptors (Lipinski definition) is 2. The second-order valence-corrected chi connectivity index (χ2v) is 7.14. The molecule has 132 valence electrons. The van der Waals surface area contributed by atoms with Gasteiger partial charge in [-0.3, -0.25) is 9.69 Å². The van der Waals surface area contributed by atoms with Crippen LogP contribution in [0.5, 0.6) is 0 Å². The predicted octanol–water partition coefficient (Wildman–Crippen LogP) is 3.59. The van der Waals surface area contributed by atoms with Crippen LogP contribution in [0.3, 0.4) is 0 Å². The van der Waals surface area contributed by atoms with Crippen molar-refractivity contribution in [2.45, 2.75) is 31.7 Å². The first-order chi connectivity index (χ1) is 12.8.